The molecule has 37 heavy (non-hydrogen) atoms. The van der Waals surface area contributed by atoms with Crippen LogP contribution in [0.2, 0.25) is 0 Å². The van der Waals surface area contributed by atoms with Gasteiger partial charge in [-0.3, -0.25) is 13.9 Å². The number of anilines is 1. The maximum absolute atomic E-state index is 12.7. The predicted molar refractivity (Wildman–Crippen MR) is 121 cm³/mol. The molecule has 0 aromatic carbocycles. The number of aromatic nitrogens is 6. The molecule has 0 amide bonds. The first-order chi connectivity index (χ1) is 17.3. The van der Waals surface area contributed by atoms with E-state index < -0.39 is 58.7 Å². The number of hydrogen-bond acceptors (Lipinski definition) is 13. The lowest BCUT2D eigenvalue weighted by Crippen LogP contribution is -2.43. The van der Waals surface area contributed by atoms with Crippen molar-refractivity contribution < 1.29 is 47.7 Å². The molecule has 19 nitrogen and oxygen atoms in total. The third-order valence-electron chi connectivity index (χ3n) is 5.19. The smallest absolute Gasteiger partial charge is 0.412 e. The molecule has 10 N–H and O–H groups in total. The van der Waals surface area contributed by atoms with Gasteiger partial charge in [-0.15, -0.1) is 4.86 Å². The standard InChI is InChI=1S/C16H23N9O10P2/c17-8(1-7-2-19-4-20-7)16(27)35-12-9(3-33-37(31,32)24-36(28,29)30)34-15(11(12)26)25-6-23-10-13(18)21-5-22-14(10)25/h2,4-6,8-9,11-12,15,26H,1,3,17H2,(H,19,20)(H2,18,21,22)(H4,24,28,29,30,31,32)/t8-,9+,11+,12+,15+/m0/s1. The average Bonchev–Trinajstić information content (AvgIpc) is 3.52. The van der Waals surface area contributed by atoms with Crippen molar-refractivity contribution >= 4 is 38.4 Å². The van der Waals surface area contributed by atoms with Crippen molar-refractivity contribution in [3.63, 3.8) is 0 Å². The molecule has 6 atom stereocenters. The van der Waals surface area contributed by atoms with Crippen LogP contribution in [-0.2, 0) is 34.3 Å². The number of rotatable bonds is 10. The van der Waals surface area contributed by atoms with E-state index in [4.69, 9.17) is 35.3 Å². The van der Waals surface area contributed by atoms with Crippen LogP contribution in [-0.4, -0.2) is 86.2 Å². The summed E-state index contributed by atoms with van der Waals surface area (Å²) in [6.07, 6.45) is -0.547. The number of aliphatic hydroxyl groups is 1. The van der Waals surface area contributed by atoms with Gasteiger partial charge in [0.25, 0.3) is 0 Å². The summed E-state index contributed by atoms with van der Waals surface area (Å²) in [5.41, 5.74) is 12.6. The summed E-state index contributed by atoms with van der Waals surface area (Å²) in [4.78, 5) is 59.9. The quantitative estimate of drug-likeness (QED) is 0.0947. The second-order valence-electron chi connectivity index (χ2n) is 7.89. The maximum Gasteiger partial charge on any atom is 0.412 e. The molecule has 3 aromatic heterocycles. The van der Waals surface area contributed by atoms with Gasteiger partial charge in [-0.2, -0.15) is 0 Å². The van der Waals surface area contributed by atoms with Gasteiger partial charge in [0.15, 0.2) is 23.8 Å². The number of imidazole rings is 2. The van der Waals surface area contributed by atoms with Gasteiger partial charge in [-0.1, -0.05) is 0 Å². The van der Waals surface area contributed by atoms with Crippen LogP contribution in [0.15, 0.2) is 25.2 Å². The van der Waals surface area contributed by atoms with E-state index in [1.165, 1.54) is 23.4 Å². The van der Waals surface area contributed by atoms with Gasteiger partial charge in [0.05, 0.1) is 19.3 Å². The van der Waals surface area contributed by atoms with Crippen molar-refractivity contribution in [1.29, 1.82) is 0 Å². The van der Waals surface area contributed by atoms with Gasteiger partial charge in [0.1, 0.15) is 30.1 Å². The Labute approximate surface area is 207 Å². The van der Waals surface area contributed by atoms with E-state index in [2.05, 4.69) is 24.9 Å². The molecule has 1 unspecified atom stereocenters. The van der Waals surface area contributed by atoms with Crippen LogP contribution in [0.25, 0.3) is 11.2 Å². The molecule has 1 saturated heterocycles. The van der Waals surface area contributed by atoms with Gasteiger partial charge >= 0.3 is 21.5 Å². The molecule has 4 rings (SSSR count). The maximum atomic E-state index is 12.7. The molecule has 1 aliphatic rings. The SMILES string of the molecule is Nc1ncnc2c1ncn2[C@@H]1O[C@H](COP(=O)(O)NP(=O)(O)O)[C@@H](OC(=O)[C@@H](N)Cc2cnc[nH]2)[C@H]1O. The zero-order valence-electron chi connectivity index (χ0n) is 18.6. The second-order valence-corrected chi connectivity index (χ2v) is 11.1. The van der Waals surface area contributed by atoms with Crippen molar-refractivity contribution in [2.45, 2.75) is 37.0 Å². The Balaban J connectivity index is 1.56. The summed E-state index contributed by atoms with van der Waals surface area (Å²) >= 11 is 0. The normalized spacial score (nSPS) is 24.7. The zero-order valence-corrected chi connectivity index (χ0v) is 20.4. The highest BCUT2D eigenvalue weighted by molar-refractivity contribution is 7.66. The summed E-state index contributed by atoms with van der Waals surface area (Å²) in [7, 11) is -10.2. The molecule has 0 radical (unpaired) electrons. The molecule has 4 heterocycles. The minimum atomic E-state index is -5.15. The Morgan fingerprint density at radius 1 is 1.30 bits per heavy atom. The summed E-state index contributed by atoms with van der Waals surface area (Å²) in [5, 5.41) is 11.0. The number of fused-ring (bicyclic) bond motifs is 1. The van der Waals surface area contributed by atoms with Gasteiger partial charge in [0, 0.05) is 18.3 Å². The number of ether oxygens (including phenoxy) is 2. The van der Waals surface area contributed by atoms with Crippen LogP contribution in [0.5, 0.6) is 0 Å². The highest BCUT2D eigenvalue weighted by Gasteiger charge is 2.49. The molecule has 202 valence electrons. The average molecular weight is 563 g/mol. The van der Waals surface area contributed by atoms with E-state index in [-0.39, 0.29) is 23.4 Å². The van der Waals surface area contributed by atoms with Gasteiger partial charge in [-0.25, -0.2) is 29.1 Å². The Morgan fingerprint density at radius 3 is 2.73 bits per heavy atom. The fourth-order valence-electron chi connectivity index (χ4n) is 3.59. The van der Waals surface area contributed by atoms with Crippen molar-refractivity contribution in [2.75, 3.05) is 12.3 Å². The number of nitrogens with zero attached hydrogens (tertiary/aromatic N) is 5. The molecular formula is C16H23N9O10P2. The Kier molecular flexibility index (Phi) is 7.72. The minimum absolute atomic E-state index is 0.0213. The summed E-state index contributed by atoms with van der Waals surface area (Å²) < 4.78 is 40.2. The number of nitrogen functional groups attached to an aromatic ring is 1. The topological polar surface area (TPSA) is 296 Å². The number of aliphatic hydroxyl groups excluding tert-OH is 1. The Hall–Kier alpha value is -2.83. The number of hydrogen-bond donors (Lipinski definition) is 8. The van der Waals surface area contributed by atoms with E-state index in [1.807, 2.05) is 0 Å². The largest absolute Gasteiger partial charge is 0.455 e. The van der Waals surface area contributed by atoms with Crippen LogP contribution in [0.4, 0.5) is 5.82 Å². The lowest BCUT2D eigenvalue weighted by atomic mass is 10.1. The number of nitrogens with two attached hydrogens (primary N) is 2. The van der Waals surface area contributed by atoms with Crippen molar-refractivity contribution in [1.82, 2.24) is 34.3 Å². The van der Waals surface area contributed by atoms with E-state index in [9.17, 15) is 23.9 Å². The third-order valence-corrected chi connectivity index (χ3v) is 7.74. The van der Waals surface area contributed by atoms with Gasteiger partial charge in [0.2, 0.25) is 0 Å². The second kappa shape index (κ2) is 10.5. The molecule has 0 aliphatic carbocycles. The third kappa shape index (κ3) is 6.36. The first kappa shape index (κ1) is 27.2. The first-order valence-electron chi connectivity index (χ1n) is 10.4. The molecule has 0 bridgehead atoms. The minimum Gasteiger partial charge on any atom is -0.455 e. The van der Waals surface area contributed by atoms with Crippen molar-refractivity contribution in [3.05, 3.63) is 30.9 Å². The fourth-order valence-corrected chi connectivity index (χ4v) is 5.49. The molecule has 21 heteroatoms. The molecule has 1 aliphatic heterocycles. The fraction of sp³-hybridized carbons (Fsp3) is 0.438. The number of carbonyl (C=O) groups excluding carboxylic acids is 1. The van der Waals surface area contributed by atoms with Crippen LogP contribution < -0.4 is 16.3 Å². The molecule has 1 fully saturated rings. The Bertz CT molecular complexity index is 1350. The number of aromatic amines is 1. The Morgan fingerprint density at radius 2 is 2.05 bits per heavy atom. The number of esters is 1. The number of nitrogens with one attached hydrogen (secondary N) is 2. The highest BCUT2D eigenvalue weighted by Crippen LogP contribution is 2.49. The van der Waals surface area contributed by atoms with Crippen LogP contribution >= 0.6 is 15.5 Å². The van der Waals surface area contributed by atoms with Gasteiger partial charge < -0.3 is 45.7 Å². The number of H-pyrrole nitrogens is 1. The zero-order chi connectivity index (χ0) is 27.0. The number of carbonyl (C=O) groups is 1. The van der Waals surface area contributed by atoms with E-state index >= 15 is 0 Å². The molecule has 3 aromatic rings. The van der Waals surface area contributed by atoms with Crippen LogP contribution in [0.1, 0.15) is 11.9 Å². The highest BCUT2D eigenvalue weighted by atomic mass is 31.3. The summed E-state index contributed by atoms with van der Waals surface area (Å²) in [6, 6.07) is -1.19. The van der Waals surface area contributed by atoms with E-state index in [0.717, 1.165) is 11.2 Å². The first-order valence-corrected chi connectivity index (χ1v) is 13.6. The lowest BCUT2D eigenvalue weighted by molar-refractivity contribution is -0.158. The molecule has 0 saturated carbocycles. The van der Waals surface area contributed by atoms with Crippen molar-refractivity contribution in [3.8, 4) is 0 Å². The van der Waals surface area contributed by atoms with Crippen LogP contribution in [0.3, 0.4) is 0 Å². The van der Waals surface area contributed by atoms with E-state index in [1.54, 1.807) is 0 Å². The van der Waals surface area contributed by atoms with Crippen molar-refractivity contribution in [2.24, 2.45) is 5.73 Å². The van der Waals surface area contributed by atoms with Crippen LogP contribution in [0, 0.1) is 0 Å². The monoisotopic (exact) mass is 563 g/mol. The summed E-state index contributed by atoms with van der Waals surface area (Å²) in [6.45, 7) is -0.841. The predicted octanol–water partition coefficient (Wildman–Crippen LogP) is -2.33. The molecule has 0 spiro atoms. The molecular weight excluding hydrogens is 540 g/mol. The van der Waals surface area contributed by atoms with E-state index in [0.29, 0.717) is 5.69 Å². The lowest BCUT2D eigenvalue weighted by Gasteiger charge is -2.23. The van der Waals surface area contributed by atoms with Gasteiger partial charge in [-0.05, 0) is 0 Å². The summed E-state index contributed by atoms with van der Waals surface area (Å²) in [5.74, 6) is -0.899.